The number of aromatic carboxylic acids is 1. The van der Waals surface area contributed by atoms with Crippen molar-refractivity contribution in [1.82, 2.24) is 4.90 Å². The molecule has 192 valence electrons. The van der Waals surface area contributed by atoms with E-state index in [0.29, 0.717) is 17.1 Å². The number of non-ortho nitro benzene ring substituents is 1. The third-order valence-electron chi connectivity index (χ3n) is 8.65. The van der Waals surface area contributed by atoms with Crippen LogP contribution in [0.25, 0.3) is 0 Å². The van der Waals surface area contributed by atoms with E-state index in [-0.39, 0.29) is 16.2 Å². The topological polar surface area (TPSA) is 90.2 Å². The highest BCUT2D eigenvalue weighted by Gasteiger charge is 2.40. The van der Waals surface area contributed by atoms with Crippen LogP contribution in [0.2, 0.25) is 0 Å². The third-order valence-corrected chi connectivity index (χ3v) is 8.65. The lowest BCUT2D eigenvalue weighted by molar-refractivity contribution is -0.384. The highest BCUT2D eigenvalue weighted by atomic mass is 19.1. The van der Waals surface area contributed by atoms with Gasteiger partial charge < -0.3 is 14.9 Å². The van der Waals surface area contributed by atoms with Gasteiger partial charge in [0.05, 0.1) is 16.2 Å². The van der Waals surface area contributed by atoms with Crippen LogP contribution in [0.5, 0.6) is 0 Å². The Morgan fingerprint density at radius 3 is 2.14 bits per heavy atom. The van der Waals surface area contributed by atoms with E-state index in [2.05, 4.69) is 9.80 Å². The molecule has 1 spiro atoms. The molecule has 9 heteroatoms. The Hall–Kier alpha value is -3.20. The quantitative estimate of drug-likeness (QED) is 0.470. The van der Waals surface area contributed by atoms with Gasteiger partial charge in [-0.05, 0) is 68.2 Å². The van der Waals surface area contributed by atoms with Crippen molar-refractivity contribution in [3.63, 3.8) is 0 Å². The molecule has 0 bridgehead atoms. The zero-order valence-electron chi connectivity index (χ0n) is 20.4. The first-order chi connectivity index (χ1) is 17.3. The van der Waals surface area contributed by atoms with E-state index in [1.165, 1.54) is 31.7 Å². The zero-order chi connectivity index (χ0) is 25.3. The Morgan fingerprint density at radius 2 is 1.56 bits per heavy atom. The number of carbonyl (C=O) groups is 1. The number of piperidine rings is 1. The molecule has 1 aliphatic carbocycles. The normalized spacial score (nSPS) is 21.0. The molecule has 2 saturated heterocycles. The summed E-state index contributed by atoms with van der Waals surface area (Å²) in [5.74, 6) is -1.85. The lowest BCUT2D eigenvalue weighted by atomic mass is 9.66. The summed E-state index contributed by atoms with van der Waals surface area (Å²) in [6, 6.07) is 12.1. The summed E-state index contributed by atoms with van der Waals surface area (Å²) in [6.45, 7) is 5.38. The van der Waals surface area contributed by atoms with E-state index in [1.807, 2.05) is 17.0 Å². The fraction of sp³-hybridized carbons (Fsp3) is 0.519. The average molecular weight is 497 g/mol. The molecular weight excluding hydrogens is 463 g/mol. The number of nitro benzene ring substituents is 1. The smallest absolute Gasteiger partial charge is 0.338 e. The highest BCUT2D eigenvalue weighted by molar-refractivity contribution is 5.89. The number of hydrogen-bond acceptors (Lipinski definition) is 6. The van der Waals surface area contributed by atoms with E-state index in [9.17, 15) is 24.4 Å². The largest absolute Gasteiger partial charge is 0.478 e. The van der Waals surface area contributed by atoms with Gasteiger partial charge in [-0.1, -0.05) is 6.07 Å². The van der Waals surface area contributed by atoms with Crippen molar-refractivity contribution < 1.29 is 19.2 Å². The van der Waals surface area contributed by atoms with Crippen molar-refractivity contribution >= 4 is 23.0 Å². The number of nitro groups is 1. The van der Waals surface area contributed by atoms with Crippen LogP contribution >= 0.6 is 0 Å². The van der Waals surface area contributed by atoms with Gasteiger partial charge in [0.25, 0.3) is 5.69 Å². The first-order valence-electron chi connectivity index (χ1n) is 12.9. The maximum Gasteiger partial charge on any atom is 0.338 e. The molecule has 3 fully saturated rings. The summed E-state index contributed by atoms with van der Waals surface area (Å²) < 4.78 is 14.7. The minimum Gasteiger partial charge on any atom is -0.478 e. The number of anilines is 2. The van der Waals surface area contributed by atoms with E-state index in [0.717, 1.165) is 57.8 Å². The maximum atomic E-state index is 14.7. The van der Waals surface area contributed by atoms with Crippen LogP contribution < -0.4 is 9.80 Å². The Bertz CT molecular complexity index is 1100. The molecule has 2 aromatic carbocycles. The van der Waals surface area contributed by atoms with Gasteiger partial charge in [0.15, 0.2) is 5.82 Å². The molecule has 8 nitrogen and oxygen atoms in total. The summed E-state index contributed by atoms with van der Waals surface area (Å²) in [6.07, 6.45) is 6.77. The molecule has 2 aliphatic heterocycles. The van der Waals surface area contributed by atoms with Gasteiger partial charge in [0, 0.05) is 63.1 Å². The van der Waals surface area contributed by atoms with Gasteiger partial charge in [-0.3, -0.25) is 15.0 Å². The second kappa shape index (κ2) is 10.0. The molecular formula is C27H33FN4O4. The van der Waals surface area contributed by atoms with Gasteiger partial charge in [-0.2, -0.15) is 0 Å². The summed E-state index contributed by atoms with van der Waals surface area (Å²) in [7, 11) is 0. The van der Waals surface area contributed by atoms with Crippen LogP contribution in [0.15, 0.2) is 42.5 Å². The fourth-order valence-corrected chi connectivity index (χ4v) is 6.36. The minimum atomic E-state index is -1.23. The average Bonchev–Trinajstić information content (AvgIpc) is 2.90. The Labute approximate surface area is 210 Å². The SMILES string of the molecule is O=C(O)c1cccc(N2CCC3(CCC(N4CCN(c5ccc([N+](=O)[O-])cc5)CC4)CC3)CC2)c1F. The first-order valence-corrected chi connectivity index (χ1v) is 12.9. The van der Waals surface area contributed by atoms with Gasteiger partial charge in [-0.25, -0.2) is 9.18 Å². The second-order valence-electron chi connectivity index (χ2n) is 10.5. The first kappa shape index (κ1) is 24.5. The van der Waals surface area contributed by atoms with Crippen LogP contribution in [-0.4, -0.2) is 66.2 Å². The number of piperazine rings is 1. The predicted molar refractivity (Wildman–Crippen MR) is 136 cm³/mol. The van der Waals surface area contributed by atoms with Crippen molar-refractivity contribution in [3.05, 3.63) is 64.0 Å². The second-order valence-corrected chi connectivity index (χ2v) is 10.5. The Balaban J connectivity index is 1.11. The predicted octanol–water partition coefficient (Wildman–Crippen LogP) is 4.78. The lowest BCUT2D eigenvalue weighted by Crippen LogP contribution is -2.52. The molecule has 0 atom stereocenters. The van der Waals surface area contributed by atoms with Crippen molar-refractivity contribution in [2.75, 3.05) is 49.1 Å². The third kappa shape index (κ3) is 4.89. The molecule has 0 aromatic heterocycles. The number of carboxylic acid groups (broad SMARTS) is 1. The number of rotatable bonds is 5. The molecule has 5 rings (SSSR count). The van der Waals surface area contributed by atoms with Gasteiger partial charge >= 0.3 is 5.97 Å². The van der Waals surface area contributed by atoms with E-state index in [1.54, 1.807) is 24.3 Å². The maximum absolute atomic E-state index is 14.7. The van der Waals surface area contributed by atoms with Crippen LogP contribution in [-0.2, 0) is 0 Å². The van der Waals surface area contributed by atoms with E-state index >= 15 is 0 Å². The van der Waals surface area contributed by atoms with E-state index < -0.39 is 11.8 Å². The summed E-state index contributed by atoms with van der Waals surface area (Å²) in [4.78, 5) is 28.8. The zero-order valence-corrected chi connectivity index (χ0v) is 20.4. The fourth-order valence-electron chi connectivity index (χ4n) is 6.36. The Morgan fingerprint density at radius 1 is 0.917 bits per heavy atom. The van der Waals surface area contributed by atoms with Crippen molar-refractivity contribution in [2.45, 2.75) is 44.6 Å². The Kier molecular flexibility index (Phi) is 6.83. The molecule has 1 N–H and O–H groups in total. The monoisotopic (exact) mass is 496 g/mol. The van der Waals surface area contributed by atoms with Gasteiger partial charge in [0.2, 0.25) is 0 Å². The number of hydrogen-bond donors (Lipinski definition) is 1. The molecule has 36 heavy (non-hydrogen) atoms. The number of halogens is 1. The summed E-state index contributed by atoms with van der Waals surface area (Å²) >= 11 is 0. The van der Waals surface area contributed by atoms with Crippen molar-refractivity contribution in [3.8, 4) is 0 Å². The van der Waals surface area contributed by atoms with Crippen LogP contribution in [0.3, 0.4) is 0 Å². The number of nitrogens with zero attached hydrogens (tertiary/aromatic N) is 4. The van der Waals surface area contributed by atoms with Crippen molar-refractivity contribution in [2.24, 2.45) is 5.41 Å². The summed E-state index contributed by atoms with van der Waals surface area (Å²) in [5.41, 5.74) is 1.62. The molecule has 1 saturated carbocycles. The van der Waals surface area contributed by atoms with Gasteiger partial charge in [-0.15, -0.1) is 0 Å². The molecule has 2 heterocycles. The molecule has 3 aliphatic rings. The number of benzene rings is 2. The van der Waals surface area contributed by atoms with Gasteiger partial charge in [0.1, 0.15) is 0 Å². The molecule has 0 radical (unpaired) electrons. The van der Waals surface area contributed by atoms with Crippen LogP contribution in [0.1, 0.15) is 48.9 Å². The van der Waals surface area contributed by atoms with Crippen molar-refractivity contribution in [1.29, 1.82) is 0 Å². The lowest BCUT2D eigenvalue weighted by Gasteiger charge is -2.49. The number of carboxylic acids is 1. The standard InChI is InChI=1S/C27H33FN4O4/c28-25-23(26(33)34)2-1-3-24(25)31-14-12-27(13-15-31)10-8-21(9-11-27)30-18-16-29(17-19-30)20-4-6-22(7-5-20)32(35)36/h1-7,21H,8-19H2,(H,33,34). The minimum absolute atomic E-state index is 0.123. The van der Waals surface area contributed by atoms with Crippen LogP contribution in [0.4, 0.5) is 21.5 Å². The molecule has 0 amide bonds. The highest BCUT2D eigenvalue weighted by Crippen LogP contribution is 2.46. The van der Waals surface area contributed by atoms with Crippen LogP contribution in [0, 0.1) is 21.3 Å². The summed E-state index contributed by atoms with van der Waals surface area (Å²) in [5, 5.41) is 20.1. The molecule has 0 unspecified atom stereocenters. The van der Waals surface area contributed by atoms with E-state index in [4.69, 9.17) is 0 Å². The molecule has 2 aromatic rings.